The summed E-state index contributed by atoms with van der Waals surface area (Å²) in [5, 5.41) is 22.9. The van der Waals surface area contributed by atoms with Gasteiger partial charge in [-0.15, -0.1) is 0 Å². The van der Waals surface area contributed by atoms with Gasteiger partial charge in [0.05, 0.1) is 17.2 Å². The van der Waals surface area contributed by atoms with Gasteiger partial charge in [-0.3, -0.25) is 0 Å². The van der Waals surface area contributed by atoms with Gasteiger partial charge in [0.25, 0.3) is 0 Å². The van der Waals surface area contributed by atoms with E-state index in [1.165, 1.54) is 12.8 Å². The minimum atomic E-state index is -0.592. The monoisotopic (exact) mass is 258 g/mol. The highest BCUT2D eigenvalue weighted by molar-refractivity contribution is 5.55. The van der Waals surface area contributed by atoms with Crippen molar-refractivity contribution in [3.63, 3.8) is 0 Å². The Hall–Kier alpha value is -1.53. The summed E-state index contributed by atoms with van der Waals surface area (Å²) in [5.41, 5.74) is 2.12. The highest BCUT2D eigenvalue weighted by Gasteiger charge is 2.27. The van der Waals surface area contributed by atoms with Crippen molar-refractivity contribution in [1.29, 1.82) is 5.26 Å². The van der Waals surface area contributed by atoms with Crippen LogP contribution in [0.2, 0.25) is 0 Å². The Morgan fingerprint density at radius 1 is 1.26 bits per heavy atom. The second-order valence-corrected chi connectivity index (χ2v) is 5.63. The molecule has 2 N–H and O–H groups in total. The molecule has 0 saturated heterocycles. The van der Waals surface area contributed by atoms with Crippen molar-refractivity contribution >= 4 is 5.69 Å². The molecule has 2 rings (SSSR count). The van der Waals surface area contributed by atoms with E-state index in [2.05, 4.69) is 11.4 Å². The van der Waals surface area contributed by atoms with Gasteiger partial charge in [0.1, 0.15) is 0 Å². The molecule has 1 aromatic rings. The van der Waals surface area contributed by atoms with Crippen LogP contribution in [0.15, 0.2) is 18.2 Å². The predicted molar refractivity (Wildman–Crippen MR) is 77.0 cm³/mol. The molecule has 0 amide bonds. The first-order valence-corrected chi connectivity index (χ1v) is 7.10. The first-order valence-electron chi connectivity index (χ1n) is 7.10. The Balaban J connectivity index is 2.03. The Morgan fingerprint density at radius 2 is 1.95 bits per heavy atom. The third-order valence-electron chi connectivity index (χ3n) is 4.01. The Labute approximate surface area is 115 Å². The highest BCUT2D eigenvalue weighted by atomic mass is 16.3. The fraction of sp³-hybridized carbons (Fsp3) is 0.562. The second-order valence-electron chi connectivity index (χ2n) is 5.63. The zero-order valence-corrected chi connectivity index (χ0v) is 11.6. The summed E-state index contributed by atoms with van der Waals surface area (Å²) in [6.07, 6.45) is 6.41. The van der Waals surface area contributed by atoms with E-state index in [4.69, 9.17) is 5.26 Å². The third kappa shape index (κ3) is 3.71. The molecule has 0 spiro atoms. The molecule has 0 unspecified atom stereocenters. The SMILES string of the molecule is Cc1ccc(C#N)cc1NCC1(O)CCCCCC1. The van der Waals surface area contributed by atoms with Gasteiger partial charge in [0, 0.05) is 12.2 Å². The average Bonchev–Trinajstić information content (AvgIpc) is 2.63. The van der Waals surface area contributed by atoms with E-state index in [1.807, 2.05) is 25.1 Å². The van der Waals surface area contributed by atoms with Crippen LogP contribution in [-0.2, 0) is 0 Å². The molecule has 102 valence electrons. The lowest BCUT2D eigenvalue weighted by Gasteiger charge is -2.27. The first-order chi connectivity index (χ1) is 9.13. The molecule has 0 atom stereocenters. The van der Waals surface area contributed by atoms with E-state index in [0.29, 0.717) is 12.1 Å². The third-order valence-corrected chi connectivity index (χ3v) is 4.01. The first kappa shape index (κ1) is 13.9. The van der Waals surface area contributed by atoms with Crippen LogP contribution in [0.25, 0.3) is 0 Å². The molecule has 1 aliphatic carbocycles. The van der Waals surface area contributed by atoms with Gasteiger partial charge in [-0.25, -0.2) is 0 Å². The summed E-state index contributed by atoms with van der Waals surface area (Å²) >= 11 is 0. The van der Waals surface area contributed by atoms with Crippen LogP contribution in [0.3, 0.4) is 0 Å². The predicted octanol–water partition coefficient (Wildman–Crippen LogP) is 3.36. The maximum Gasteiger partial charge on any atom is 0.0992 e. The van der Waals surface area contributed by atoms with Crippen LogP contribution < -0.4 is 5.32 Å². The zero-order chi connectivity index (χ0) is 13.7. The normalized spacial score (nSPS) is 18.4. The van der Waals surface area contributed by atoms with Crippen molar-refractivity contribution in [3.05, 3.63) is 29.3 Å². The highest BCUT2D eigenvalue weighted by Crippen LogP contribution is 2.28. The standard InChI is InChI=1S/C16H22N2O/c1-13-6-7-14(11-17)10-15(13)18-12-16(19)8-4-2-3-5-9-16/h6-7,10,18-19H,2-5,8-9,12H2,1H3. The summed E-state index contributed by atoms with van der Waals surface area (Å²) in [5.74, 6) is 0. The number of benzene rings is 1. The summed E-state index contributed by atoms with van der Waals surface area (Å²) in [7, 11) is 0. The Bertz CT molecular complexity index is 468. The van der Waals surface area contributed by atoms with Crippen molar-refractivity contribution in [2.24, 2.45) is 0 Å². The number of aryl methyl sites for hydroxylation is 1. The molecule has 3 nitrogen and oxygen atoms in total. The Kier molecular flexibility index (Phi) is 4.44. The van der Waals surface area contributed by atoms with E-state index in [0.717, 1.165) is 36.9 Å². The fourth-order valence-corrected chi connectivity index (χ4v) is 2.71. The van der Waals surface area contributed by atoms with Crippen molar-refractivity contribution < 1.29 is 5.11 Å². The number of anilines is 1. The minimum Gasteiger partial charge on any atom is -0.388 e. The van der Waals surface area contributed by atoms with Crippen LogP contribution in [0, 0.1) is 18.3 Å². The number of aliphatic hydroxyl groups is 1. The number of rotatable bonds is 3. The molecule has 0 bridgehead atoms. The molecular formula is C16H22N2O. The largest absolute Gasteiger partial charge is 0.388 e. The molecule has 1 aliphatic rings. The molecule has 1 saturated carbocycles. The lowest BCUT2D eigenvalue weighted by molar-refractivity contribution is 0.0381. The summed E-state index contributed by atoms with van der Waals surface area (Å²) in [6, 6.07) is 7.77. The van der Waals surface area contributed by atoms with E-state index in [-0.39, 0.29) is 0 Å². The molecule has 19 heavy (non-hydrogen) atoms. The van der Waals surface area contributed by atoms with E-state index < -0.39 is 5.60 Å². The number of nitrogens with zero attached hydrogens (tertiary/aromatic N) is 1. The maximum atomic E-state index is 10.6. The van der Waals surface area contributed by atoms with Gasteiger partial charge in [-0.1, -0.05) is 31.7 Å². The summed E-state index contributed by atoms with van der Waals surface area (Å²) in [4.78, 5) is 0. The zero-order valence-electron chi connectivity index (χ0n) is 11.6. The van der Waals surface area contributed by atoms with Crippen LogP contribution >= 0.6 is 0 Å². The minimum absolute atomic E-state index is 0.572. The molecule has 3 heteroatoms. The number of nitrogens with one attached hydrogen (secondary N) is 1. The smallest absolute Gasteiger partial charge is 0.0992 e. The van der Waals surface area contributed by atoms with Crippen LogP contribution in [-0.4, -0.2) is 17.3 Å². The van der Waals surface area contributed by atoms with Gasteiger partial charge < -0.3 is 10.4 Å². The molecule has 1 fully saturated rings. The van der Waals surface area contributed by atoms with Crippen LogP contribution in [0.5, 0.6) is 0 Å². The van der Waals surface area contributed by atoms with Crippen molar-refractivity contribution in [3.8, 4) is 6.07 Å². The lowest BCUT2D eigenvalue weighted by Crippen LogP contribution is -2.36. The summed E-state index contributed by atoms with van der Waals surface area (Å²) < 4.78 is 0. The van der Waals surface area contributed by atoms with Crippen molar-refractivity contribution in [2.45, 2.75) is 51.0 Å². The number of hydrogen-bond acceptors (Lipinski definition) is 3. The molecule has 0 aromatic heterocycles. The Morgan fingerprint density at radius 3 is 2.58 bits per heavy atom. The molecule has 0 aliphatic heterocycles. The topological polar surface area (TPSA) is 56.0 Å². The van der Waals surface area contributed by atoms with Crippen LogP contribution in [0.1, 0.15) is 49.7 Å². The maximum absolute atomic E-state index is 10.6. The van der Waals surface area contributed by atoms with Gasteiger partial charge in [-0.05, 0) is 37.5 Å². The molecule has 0 radical (unpaired) electrons. The summed E-state index contributed by atoms with van der Waals surface area (Å²) in [6.45, 7) is 2.59. The van der Waals surface area contributed by atoms with E-state index in [9.17, 15) is 5.11 Å². The lowest BCUT2D eigenvalue weighted by atomic mass is 9.94. The fourth-order valence-electron chi connectivity index (χ4n) is 2.71. The van der Waals surface area contributed by atoms with Gasteiger partial charge in [0.15, 0.2) is 0 Å². The van der Waals surface area contributed by atoms with E-state index >= 15 is 0 Å². The number of hydrogen-bond donors (Lipinski definition) is 2. The van der Waals surface area contributed by atoms with Crippen LogP contribution in [0.4, 0.5) is 5.69 Å². The molecular weight excluding hydrogens is 236 g/mol. The van der Waals surface area contributed by atoms with Gasteiger partial charge in [0.2, 0.25) is 0 Å². The average molecular weight is 258 g/mol. The van der Waals surface area contributed by atoms with Gasteiger partial charge >= 0.3 is 0 Å². The quantitative estimate of drug-likeness (QED) is 0.817. The molecule has 0 heterocycles. The van der Waals surface area contributed by atoms with Crippen molar-refractivity contribution in [2.75, 3.05) is 11.9 Å². The van der Waals surface area contributed by atoms with Crippen molar-refractivity contribution in [1.82, 2.24) is 0 Å². The molecule has 1 aromatic carbocycles. The number of nitriles is 1. The van der Waals surface area contributed by atoms with E-state index in [1.54, 1.807) is 0 Å². The van der Waals surface area contributed by atoms with Gasteiger partial charge in [-0.2, -0.15) is 5.26 Å². The second kappa shape index (κ2) is 6.08.